The predicted octanol–water partition coefficient (Wildman–Crippen LogP) is 2.08. The summed E-state index contributed by atoms with van der Waals surface area (Å²) in [7, 11) is 0. The van der Waals surface area contributed by atoms with Crippen LogP contribution < -0.4 is 10.4 Å². The molecule has 0 nitrogen and oxygen atoms in total. The Kier molecular flexibility index (Phi) is 1.38. The first kappa shape index (κ1) is 7.81. The van der Waals surface area contributed by atoms with Crippen LogP contribution in [0, 0.1) is 0 Å². The molecule has 0 aliphatic heterocycles. The van der Waals surface area contributed by atoms with Crippen LogP contribution in [0.1, 0.15) is 25.0 Å². The van der Waals surface area contributed by atoms with Gasteiger partial charge in [0.2, 0.25) is 0 Å². The Morgan fingerprint density at radius 2 is 1.07 bits per heavy atom. The maximum atomic E-state index is 2.28. The average molecular weight is 180 g/mol. The van der Waals surface area contributed by atoms with E-state index in [1.165, 1.54) is 32.7 Å². The zero-order valence-electron chi connectivity index (χ0n) is 8.46. The van der Waals surface area contributed by atoms with Gasteiger partial charge in [0.1, 0.15) is 0 Å². The smallest absolute Gasteiger partial charge is 0.0175 e. The van der Waals surface area contributed by atoms with E-state index in [9.17, 15) is 0 Å². The Morgan fingerprint density at radius 3 is 1.50 bits per heavy atom. The highest BCUT2D eigenvalue weighted by Crippen LogP contribution is 2.13. The van der Waals surface area contributed by atoms with Gasteiger partial charge in [-0.3, -0.25) is 0 Å². The standard InChI is InChI=1S/C14H12/c1-9-3-11-7-13-5-10(2)6-14(13)8-12(11)4-9/h3-8H,1-2H3. The summed E-state index contributed by atoms with van der Waals surface area (Å²) in [5, 5.41) is 2.72. The van der Waals surface area contributed by atoms with E-state index >= 15 is 0 Å². The molecule has 0 heteroatoms. The van der Waals surface area contributed by atoms with E-state index in [-0.39, 0.29) is 0 Å². The second kappa shape index (κ2) is 2.48. The van der Waals surface area contributed by atoms with Crippen molar-refractivity contribution in [1.29, 1.82) is 0 Å². The monoisotopic (exact) mass is 180 g/mol. The second-order valence-electron chi connectivity index (χ2n) is 4.18. The lowest BCUT2D eigenvalue weighted by Crippen LogP contribution is -2.12. The van der Waals surface area contributed by atoms with E-state index in [2.05, 4.69) is 50.3 Å². The minimum absolute atomic E-state index is 1.35. The van der Waals surface area contributed by atoms with E-state index < -0.39 is 0 Å². The summed E-state index contributed by atoms with van der Waals surface area (Å²) in [6.45, 7) is 4.30. The van der Waals surface area contributed by atoms with Gasteiger partial charge >= 0.3 is 0 Å². The molecular formula is C14H12. The lowest BCUT2D eigenvalue weighted by atomic mass is 10.1. The van der Waals surface area contributed by atoms with Crippen molar-refractivity contribution in [2.45, 2.75) is 13.8 Å². The Labute approximate surface area is 83.6 Å². The van der Waals surface area contributed by atoms with Crippen LogP contribution in [-0.4, -0.2) is 0 Å². The van der Waals surface area contributed by atoms with Crippen LogP contribution >= 0.6 is 0 Å². The van der Waals surface area contributed by atoms with Crippen molar-refractivity contribution in [3.05, 3.63) is 44.8 Å². The zero-order valence-corrected chi connectivity index (χ0v) is 8.46. The van der Waals surface area contributed by atoms with E-state index in [0.29, 0.717) is 0 Å². The predicted molar refractivity (Wildman–Crippen MR) is 61.9 cm³/mol. The summed E-state index contributed by atoms with van der Waals surface area (Å²) >= 11 is 0. The fourth-order valence-corrected chi connectivity index (χ4v) is 2.23. The molecule has 0 amide bonds. The van der Waals surface area contributed by atoms with Crippen LogP contribution in [0.3, 0.4) is 0 Å². The number of hydrogen-bond donors (Lipinski definition) is 0. The topological polar surface area (TPSA) is 0 Å². The van der Waals surface area contributed by atoms with Gasteiger partial charge in [-0.25, -0.2) is 0 Å². The molecule has 1 aromatic rings. The lowest BCUT2D eigenvalue weighted by molar-refractivity contribution is 1.51. The van der Waals surface area contributed by atoms with Gasteiger partial charge in [-0.2, -0.15) is 0 Å². The molecule has 1 aromatic carbocycles. The van der Waals surface area contributed by atoms with Crippen LogP contribution in [0.5, 0.6) is 0 Å². The molecule has 0 radical (unpaired) electrons. The first-order chi connectivity index (χ1) is 6.72. The van der Waals surface area contributed by atoms with Crippen molar-refractivity contribution in [2.24, 2.45) is 0 Å². The summed E-state index contributed by atoms with van der Waals surface area (Å²) < 4.78 is 0. The van der Waals surface area contributed by atoms with Gasteiger partial charge in [0.05, 0.1) is 0 Å². The zero-order chi connectivity index (χ0) is 9.71. The highest BCUT2D eigenvalue weighted by Gasteiger charge is 2.06. The maximum Gasteiger partial charge on any atom is -0.0175 e. The summed E-state index contributed by atoms with van der Waals surface area (Å²) in [6, 6.07) is 4.56. The minimum Gasteiger partial charge on any atom is -0.0514 e. The van der Waals surface area contributed by atoms with Crippen molar-refractivity contribution >= 4 is 24.3 Å². The molecule has 14 heavy (non-hydrogen) atoms. The Bertz CT molecular complexity index is 540. The second-order valence-corrected chi connectivity index (χ2v) is 4.18. The van der Waals surface area contributed by atoms with E-state index in [4.69, 9.17) is 0 Å². The molecule has 3 rings (SSSR count). The van der Waals surface area contributed by atoms with Gasteiger partial charge < -0.3 is 0 Å². The highest BCUT2D eigenvalue weighted by molar-refractivity contribution is 5.77. The molecule has 0 aromatic heterocycles. The number of fused-ring (bicyclic) bond motifs is 2. The summed E-state index contributed by atoms with van der Waals surface area (Å²) in [5.74, 6) is 0. The Hall–Kier alpha value is -1.56. The van der Waals surface area contributed by atoms with Crippen molar-refractivity contribution in [2.75, 3.05) is 0 Å². The van der Waals surface area contributed by atoms with Gasteiger partial charge in [-0.15, -0.1) is 0 Å². The number of hydrogen-bond acceptors (Lipinski definition) is 0. The summed E-state index contributed by atoms with van der Waals surface area (Å²) in [5.41, 5.74) is 5.43. The van der Waals surface area contributed by atoms with E-state index in [0.717, 1.165) is 0 Å². The van der Waals surface area contributed by atoms with Gasteiger partial charge in [0.25, 0.3) is 0 Å². The normalized spacial score (nSPS) is 16.4. The minimum atomic E-state index is 1.35. The molecule has 0 heterocycles. The molecule has 0 unspecified atom stereocenters. The van der Waals surface area contributed by atoms with E-state index in [1.54, 1.807) is 0 Å². The first-order valence-corrected chi connectivity index (χ1v) is 4.96. The van der Waals surface area contributed by atoms with Crippen LogP contribution in [0.2, 0.25) is 0 Å². The fraction of sp³-hybridized carbons (Fsp3) is 0.143. The van der Waals surface area contributed by atoms with Crippen molar-refractivity contribution in [1.82, 2.24) is 0 Å². The third-order valence-corrected chi connectivity index (χ3v) is 2.82. The number of allylic oxidation sites excluding steroid dienone is 2. The Morgan fingerprint density at radius 1 is 0.643 bits per heavy atom. The van der Waals surface area contributed by atoms with Gasteiger partial charge in [-0.05, 0) is 58.7 Å². The SMILES string of the molecule is CC1=Cc2cc3c(cc2=C1)C=C(C)C=3. The molecule has 0 spiro atoms. The molecule has 2 aliphatic carbocycles. The molecule has 0 atom stereocenters. The molecule has 0 saturated carbocycles. The van der Waals surface area contributed by atoms with Crippen LogP contribution in [0.15, 0.2) is 23.3 Å². The summed E-state index contributed by atoms with van der Waals surface area (Å²) in [6.07, 6.45) is 8.99. The van der Waals surface area contributed by atoms with Crippen molar-refractivity contribution < 1.29 is 0 Å². The largest absolute Gasteiger partial charge is 0.0514 e. The average Bonchev–Trinajstić information content (AvgIpc) is 2.59. The molecule has 0 fully saturated rings. The molecule has 0 saturated heterocycles. The number of benzene rings is 1. The van der Waals surface area contributed by atoms with E-state index in [1.807, 2.05) is 0 Å². The van der Waals surface area contributed by atoms with Gasteiger partial charge in [0, 0.05) is 0 Å². The van der Waals surface area contributed by atoms with Crippen LogP contribution in [-0.2, 0) is 0 Å². The van der Waals surface area contributed by atoms with Crippen LogP contribution in [0.25, 0.3) is 24.3 Å². The first-order valence-electron chi connectivity index (χ1n) is 4.96. The molecule has 68 valence electrons. The maximum absolute atomic E-state index is 2.28. The quantitative estimate of drug-likeness (QED) is 0.573. The fourth-order valence-electron chi connectivity index (χ4n) is 2.23. The Balaban J connectivity index is 2.36. The highest BCUT2D eigenvalue weighted by atomic mass is 14.1. The van der Waals surface area contributed by atoms with Crippen LogP contribution in [0.4, 0.5) is 0 Å². The summed E-state index contributed by atoms with van der Waals surface area (Å²) in [4.78, 5) is 0. The lowest BCUT2D eigenvalue weighted by Gasteiger charge is -1.94. The molecular weight excluding hydrogens is 168 g/mol. The molecule has 2 aliphatic rings. The van der Waals surface area contributed by atoms with Crippen molar-refractivity contribution in [3.8, 4) is 0 Å². The third kappa shape index (κ3) is 1.00. The molecule has 0 N–H and O–H groups in total. The number of rotatable bonds is 0. The third-order valence-electron chi connectivity index (χ3n) is 2.82. The molecule has 0 bridgehead atoms. The van der Waals surface area contributed by atoms with Gasteiger partial charge in [-0.1, -0.05) is 24.3 Å². The van der Waals surface area contributed by atoms with Gasteiger partial charge in [0.15, 0.2) is 0 Å². The van der Waals surface area contributed by atoms with Crippen molar-refractivity contribution in [3.63, 3.8) is 0 Å².